The molecule has 186 valence electrons. The summed E-state index contributed by atoms with van der Waals surface area (Å²) in [5.41, 5.74) is 2.07. The van der Waals surface area contributed by atoms with Gasteiger partial charge in [0.05, 0.1) is 13.5 Å². The summed E-state index contributed by atoms with van der Waals surface area (Å²) >= 11 is 0. The number of carbonyl (C=O) groups excluding carboxylic acids is 4. The van der Waals surface area contributed by atoms with E-state index >= 15 is 0 Å². The Bertz CT molecular complexity index is 941. The average molecular weight is 476 g/mol. The van der Waals surface area contributed by atoms with Gasteiger partial charge in [0.2, 0.25) is 18.1 Å². The van der Waals surface area contributed by atoms with Gasteiger partial charge in [-0.05, 0) is 63.8 Å². The molecule has 2 N–H and O–H groups in total. The van der Waals surface area contributed by atoms with Gasteiger partial charge in [0.25, 0.3) is 5.91 Å². The summed E-state index contributed by atoms with van der Waals surface area (Å²) in [6, 6.07) is 1.32. The SMILES string of the molecule is CCOC1OC(=O)CC1NC(=O)C1CCCN1C(=O)C(C)NC(=O)c1cc(C)c(OC)c(C)c1. The van der Waals surface area contributed by atoms with Crippen molar-refractivity contribution in [3.8, 4) is 5.75 Å². The van der Waals surface area contributed by atoms with E-state index in [4.69, 9.17) is 14.2 Å². The molecule has 34 heavy (non-hydrogen) atoms. The second kappa shape index (κ2) is 10.9. The number of benzene rings is 1. The Morgan fingerprint density at radius 1 is 1.24 bits per heavy atom. The molecule has 3 amide bonds. The minimum absolute atomic E-state index is 0.0181. The first-order chi connectivity index (χ1) is 16.2. The number of nitrogens with one attached hydrogen (secondary N) is 2. The molecule has 1 aromatic rings. The third-order valence-electron chi connectivity index (χ3n) is 6.10. The van der Waals surface area contributed by atoms with Crippen LogP contribution < -0.4 is 15.4 Å². The summed E-state index contributed by atoms with van der Waals surface area (Å²) < 4.78 is 15.8. The highest BCUT2D eigenvalue weighted by molar-refractivity contribution is 5.99. The maximum Gasteiger partial charge on any atom is 0.310 e. The van der Waals surface area contributed by atoms with E-state index in [1.54, 1.807) is 33.1 Å². The number of carbonyl (C=O) groups is 4. The van der Waals surface area contributed by atoms with Crippen LogP contribution in [0.2, 0.25) is 0 Å². The summed E-state index contributed by atoms with van der Waals surface area (Å²) in [6.45, 7) is 7.82. The number of esters is 1. The van der Waals surface area contributed by atoms with E-state index in [0.717, 1.165) is 11.1 Å². The van der Waals surface area contributed by atoms with Gasteiger partial charge >= 0.3 is 5.97 Å². The van der Waals surface area contributed by atoms with Crippen LogP contribution in [0.25, 0.3) is 0 Å². The molecule has 2 saturated heterocycles. The van der Waals surface area contributed by atoms with Crippen molar-refractivity contribution < 1.29 is 33.4 Å². The maximum absolute atomic E-state index is 13.1. The zero-order valence-corrected chi connectivity index (χ0v) is 20.3. The summed E-state index contributed by atoms with van der Waals surface area (Å²) in [5, 5.41) is 5.54. The molecule has 0 bridgehead atoms. The van der Waals surface area contributed by atoms with Gasteiger partial charge in [-0.25, -0.2) is 0 Å². The number of aryl methyl sites for hydroxylation is 2. The lowest BCUT2D eigenvalue weighted by Gasteiger charge is -2.28. The molecular weight excluding hydrogens is 442 g/mol. The van der Waals surface area contributed by atoms with E-state index < -0.39 is 30.4 Å². The fraction of sp³-hybridized carbons (Fsp3) is 0.583. The lowest BCUT2D eigenvalue weighted by atomic mass is 10.0. The zero-order valence-electron chi connectivity index (χ0n) is 20.3. The van der Waals surface area contributed by atoms with Crippen molar-refractivity contribution in [2.24, 2.45) is 0 Å². The average Bonchev–Trinajstić information content (AvgIpc) is 3.40. The minimum atomic E-state index is -0.832. The van der Waals surface area contributed by atoms with Crippen LogP contribution in [0.1, 0.15) is 54.6 Å². The predicted octanol–water partition coefficient (Wildman–Crippen LogP) is 1.22. The molecule has 2 aliphatic rings. The van der Waals surface area contributed by atoms with E-state index in [9.17, 15) is 19.2 Å². The van der Waals surface area contributed by atoms with Crippen molar-refractivity contribution in [3.63, 3.8) is 0 Å². The Kier molecular flexibility index (Phi) is 8.14. The monoisotopic (exact) mass is 475 g/mol. The first-order valence-corrected chi connectivity index (χ1v) is 11.5. The quantitative estimate of drug-likeness (QED) is 0.542. The van der Waals surface area contributed by atoms with Crippen LogP contribution >= 0.6 is 0 Å². The van der Waals surface area contributed by atoms with Gasteiger partial charge in [-0.2, -0.15) is 0 Å². The smallest absolute Gasteiger partial charge is 0.310 e. The van der Waals surface area contributed by atoms with Crippen molar-refractivity contribution in [2.75, 3.05) is 20.3 Å². The van der Waals surface area contributed by atoms with Crippen LogP contribution in [0.3, 0.4) is 0 Å². The van der Waals surface area contributed by atoms with E-state index in [0.29, 0.717) is 37.3 Å². The second-order valence-corrected chi connectivity index (χ2v) is 8.66. The van der Waals surface area contributed by atoms with Crippen LogP contribution in [0.5, 0.6) is 5.75 Å². The molecule has 10 nitrogen and oxygen atoms in total. The van der Waals surface area contributed by atoms with Crippen LogP contribution in [0.4, 0.5) is 0 Å². The summed E-state index contributed by atoms with van der Waals surface area (Å²) in [7, 11) is 1.58. The number of hydrogen-bond acceptors (Lipinski definition) is 7. The predicted molar refractivity (Wildman–Crippen MR) is 122 cm³/mol. The first kappa shape index (κ1) is 25.5. The number of ether oxygens (including phenoxy) is 3. The number of nitrogens with zero attached hydrogens (tertiary/aromatic N) is 1. The van der Waals surface area contributed by atoms with Crippen LogP contribution in [0, 0.1) is 13.8 Å². The summed E-state index contributed by atoms with van der Waals surface area (Å²) in [6.07, 6.45) is 0.345. The number of amides is 3. The van der Waals surface area contributed by atoms with E-state index in [1.165, 1.54) is 4.90 Å². The Labute approximate surface area is 199 Å². The molecule has 0 aromatic heterocycles. The van der Waals surface area contributed by atoms with Gasteiger partial charge in [0.15, 0.2) is 0 Å². The largest absolute Gasteiger partial charge is 0.496 e. The van der Waals surface area contributed by atoms with E-state index in [2.05, 4.69) is 10.6 Å². The maximum atomic E-state index is 13.1. The highest BCUT2D eigenvalue weighted by Crippen LogP contribution is 2.25. The Morgan fingerprint density at radius 3 is 2.53 bits per heavy atom. The molecule has 0 radical (unpaired) electrons. The molecule has 0 aliphatic carbocycles. The molecule has 10 heteroatoms. The molecule has 4 unspecified atom stereocenters. The Morgan fingerprint density at radius 2 is 1.91 bits per heavy atom. The van der Waals surface area contributed by atoms with Gasteiger partial charge in [-0.1, -0.05) is 0 Å². The van der Waals surface area contributed by atoms with Crippen molar-refractivity contribution in [2.45, 2.75) is 71.4 Å². The molecule has 4 atom stereocenters. The molecular formula is C24H33N3O7. The number of methoxy groups -OCH3 is 1. The standard InChI is InChI=1S/C24H33N3O7/c1-6-33-24-17(12-19(28)34-24)26-22(30)18-8-7-9-27(18)23(31)15(4)25-21(29)16-10-13(2)20(32-5)14(3)11-16/h10-11,15,17-18,24H,6-9,12H2,1-5H3,(H,25,29)(H,26,30). The van der Waals surface area contributed by atoms with Crippen LogP contribution in [0.15, 0.2) is 12.1 Å². The van der Waals surface area contributed by atoms with Crippen LogP contribution in [-0.2, 0) is 23.9 Å². The Balaban J connectivity index is 1.63. The molecule has 2 aliphatic heterocycles. The van der Waals surface area contributed by atoms with Gasteiger partial charge < -0.3 is 29.7 Å². The zero-order chi connectivity index (χ0) is 25.0. The third kappa shape index (κ3) is 5.49. The first-order valence-electron chi connectivity index (χ1n) is 11.5. The third-order valence-corrected chi connectivity index (χ3v) is 6.10. The number of likely N-dealkylation sites (tertiary alicyclic amines) is 1. The molecule has 1 aromatic carbocycles. The minimum Gasteiger partial charge on any atom is -0.496 e. The van der Waals surface area contributed by atoms with E-state index in [-0.39, 0.29) is 24.1 Å². The normalized spacial score (nSPS) is 22.8. The highest BCUT2D eigenvalue weighted by Gasteiger charge is 2.41. The van der Waals surface area contributed by atoms with E-state index in [1.807, 2.05) is 13.8 Å². The lowest BCUT2D eigenvalue weighted by molar-refractivity contribution is -0.164. The fourth-order valence-electron chi connectivity index (χ4n) is 4.54. The fourth-order valence-corrected chi connectivity index (χ4v) is 4.54. The molecule has 2 heterocycles. The second-order valence-electron chi connectivity index (χ2n) is 8.66. The Hall–Kier alpha value is -3.14. The summed E-state index contributed by atoms with van der Waals surface area (Å²) in [4.78, 5) is 52.0. The topological polar surface area (TPSA) is 123 Å². The van der Waals surface area contributed by atoms with Crippen LogP contribution in [-0.4, -0.2) is 73.3 Å². The molecule has 2 fully saturated rings. The molecule has 0 saturated carbocycles. The molecule has 0 spiro atoms. The summed E-state index contributed by atoms with van der Waals surface area (Å²) in [5.74, 6) is -0.807. The van der Waals surface area contributed by atoms with Crippen molar-refractivity contribution in [1.82, 2.24) is 15.5 Å². The highest BCUT2D eigenvalue weighted by atomic mass is 16.7. The van der Waals surface area contributed by atoms with Crippen molar-refractivity contribution in [3.05, 3.63) is 28.8 Å². The lowest BCUT2D eigenvalue weighted by Crippen LogP contribution is -2.54. The number of cyclic esters (lactones) is 1. The number of hydrogen-bond donors (Lipinski definition) is 2. The van der Waals surface area contributed by atoms with Gasteiger partial charge in [-0.15, -0.1) is 0 Å². The number of rotatable bonds is 8. The van der Waals surface area contributed by atoms with Gasteiger partial charge in [-0.3, -0.25) is 19.2 Å². The van der Waals surface area contributed by atoms with Crippen molar-refractivity contribution in [1.29, 1.82) is 0 Å². The molecule has 3 rings (SSSR count). The van der Waals surface area contributed by atoms with Gasteiger partial charge in [0, 0.05) is 18.7 Å². The van der Waals surface area contributed by atoms with Gasteiger partial charge in [0.1, 0.15) is 23.9 Å². The van der Waals surface area contributed by atoms with Crippen molar-refractivity contribution >= 4 is 23.7 Å².